The smallest absolute Gasteiger partial charge is 0.274 e. The first-order valence-corrected chi connectivity index (χ1v) is 6.56. The SMILES string of the molecule is O=[N+]([O-])c1cc(F)cc(NC2CN3CCC2CC3)c1. The molecule has 1 aromatic carbocycles. The number of non-ortho nitro benzene ring substituents is 1. The van der Waals surface area contributed by atoms with Gasteiger partial charge in [-0.2, -0.15) is 0 Å². The van der Waals surface area contributed by atoms with E-state index in [0.717, 1.165) is 38.5 Å². The minimum Gasteiger partial charge on any atom is -0.380 e. The maximum Gasteiger partial charge on any atom is 0.274 e. The molecular weight excluding hydrogens is 249 g/mol. The standard InChI is InChI=1S/C13H16FN3O2/c14-10-5-11(7-12(6-10)17(18)19)15-13-8-16-3-1-9(13)2-4-16/h5-7,9,13,15H,1-4,8H2. The van der Waals surface area contributed by atoms with Crippen LogP contribution >= 0.6 is 0 Å². The molecule has 2 bridgehead atoms. The Labute approximate surface area is 110 Å². The quantitative estimate of drug-likeness (QED) is 0.672. The monoisotopic (exact) mass is 265 g/mol. The number of benzene rings is 1. The lowest BCUT2D eigenvalue weighted by Crippen LogP contribution is -2.53. The molecule has 3 aliphatic heterocycles. The molecule has 0 aliphatic carbocycles. The predicted molar refractivity (Wildman–Crippen MR) is 69.6 cm³/mol. The molecule has 19 heavy (non-hydrogen) atoms. The maximum absolute atomic E-state index is 13.4. The molecule has 5 nitrogen and oxygen atoms in total. The zero-order valence-electron chi connectivity index (χ0n) is 10.5. The highest BCUT2D eigenvalue weighted by Gasteiger charge is 2.34. The van der Waals surface area contributed by atoms with Crippen molar-refractivity contribution < 1.29 is 9.31 Å². The van der Waals surface area contributed by atoms with Gasteiger partial charge in [-0.3, -0.25) is 10.1 Å². The van der Waals surface area contributed by atoms with Crippen molar-refractivity contribution in [1.82, 2.24) is 4.90 Å². The number of hydrogen-bond donors (Lipinski definition) is 1. The second-order valence-electron chi connectivity index (χ2n) is 5.34. The Morgan fingerprint density at radius 3 is 2.63 bits per heavy atom. The molecule has 3 saturated heterocycles. The minimum absolute atomic E-state index is 0.205. The Hall–Kier alpha value is -1.69. The van der Waals surface area contributed by atoms with Crippen molar-refractivity contribution in [1.29, 1.82) is 0 Å². The molecule has 1 atom stereocenters. The Kier molecular flexibility index (Phi) is 3.10. The van der Waals surface area contributed by atoms with Crippen LogP contribution in [0.4, 0.5) is 15.8 Å². The summed E-state index contributed by atoms with van der Waals surface area (Å²) >= 11 is 0. The molecule has 0 saturated carbocycles. The van der Waals surface area contributed by atoms with Crippen molar-refractivity contribution in [3.63, 3.8) is 0 Å². The van der Waals surface area contributed by atoms with Gasteiger partial charge in [0.1, 0.15) is 5.82 Å². The van der Waals surface area contributed by atoms with E-state index in [1.54, 1.807) is 0 Å². The van der Waals surface area contributed by atoms with Crippen LogP contribution in [0.5, 0.6) is 0 Å². The van der Waals surface area contributed by atoms with Gasteiger partial charge in [-0.1, -0.05) is 0 Å². The van der Waals surface area contributed by atoms with Crippen LogP contribution in [-0.4, -0.2) is 35.5 Å². The summed E-state index contributed by atoms with van der Waals surface area (Å²) in [5, 5.41) is 14.0. The highest BCUT2D eigenvalue weighted by molar-refractivity contribution is 5.52. The number of nitro benzene ring substituents is 1. The summed E-state index contributed by atoms with van der Waals surface area (Å²) in [4.78, 5) is 12.5. The summed E-state index contributed by atoms with van der Waals surface area (Å²) in [6.07, 6.45) is 2.30. The molecule has 0 spiro atoms. The minimum atomic E-state index is -0.571. The molecule has 3 aliphatic rings. The summed E-state index contributed by atoms with van der Waals surface area (Å²) in [6, 6.07) is 3.94. The third-order valence-corrected chi connectivity index (χ3v) is 4.10. The third-order valence-electron chi connectivity index (χ3n) is 4.10. The normalized spacial score (nSPS) is 29.2. The van der Waals surface area contributed by atoms with Crippen LogP contribution in [0.15, 0.2) is 18.2 Å². The molecule has 1 aromatic rings. The number of hydrogen-bond acceptors (Lipinski definition) is 4. The van der Waals surface area contributed by atoms with Gasteiger partial charge < -0.3 is 10.2 Å². The van der Waals surface area contributed by atoms with Crippen LogP contribution in [0.25, 0.3) is 0 Å². The predicted octanol–water partition coefficient (Wildman–Crippen LogP) is 2.24. The van der Waals surface area contributed by atoms with E-state index in [0.29, 0.717) is 11.6 Å². The summed E-state index contributed by atoms with van der Waals surface area (Å²) in [5.74, 6) is 0.0188. The van der Waals surface area contributed by atoms with Crippen LogP contribution in [0, 0.1) is 21.8 Å². The zero-order chi connectivity index (χ0) is 13.4. The van der Waals surface area contributed by atoms with Crippen LogP contribution in [0.1, 0.15) is 12.8 Å². The number of nitro groups is 1. The summed E-state index contributed by atoms with van der Waals surface area (Å²) < 4.78 is 13.4. The van der Waals surface area contributed by atoms with E-state index in [4.69, 9.17) is 0 Å². The summed E-state index contributed by atoms with van der Waals surface area (Å²) in [5.41, 5.74) is 0.300. The average Bonchev–Trinajstić information content (AvgIpc) is 2.39. The number of anilines is 1. The van der Waals surface area contributed by atoms with Gasteiger partial charge in [-0.25, -0.2) is 4.39 Å². The number of piperidine rings is 3. The summed E-state index contributed by atoms with van der Waals surface area (Å²) in [7, 11) is 0. The molecular formula is C13H16FN3O2. The van der Waals surface area contributed by atoms with Crippen molar-refractivity contribution in [2.24, 2.45) is 5.92 Å². The Morgan fingerprint density at radius 1 is 1.32 bits per heavy atom. The fourth-order valence-corrected chi connectivity index (χ4v) is 3.11. The van der Waals surface area contributed by atoms with Crippen LogP contribution in [0.3, 0.4) is 0 Å². The van der Waals surface area contributed by atoms with E-state index < -0.39 is 10.7 Å². The number of nitrogens with one attached hydrogen (secondary N) is 1. The number of rotatable bonds is 3. The molecule has 0 radical (unpaired) electrons. The van der Waals surface area contributed by atoms with Crippen molar-refractivity contribution in [3.05, 3.63) is 34.1 Å². The lowest BCUT2D eigenvalue weighted by atomic mass is 9.84. The molecule has 0 amide bonds. The van der Waals surface area contributed by atoms with Crippen LogP contribution in [-0.2, 0) is 0 Å². The highest BCUT2D eigenvalue weighted by atomic mass is 19.1. The lowest BCUT2D eigenvalue weighted by Gasteiger charge is -2.45. The van der Waals surface area contributed by atoms with Crippen molar-refractivity contribution >= 4 is 11.4 Å². The molecule has 3 heterocycles. The largest absolute Gasteiger partial charge is 0.380 e. The Morgan fingerprint density at radius 2 is 2.05 bits per heavy atom. The van der Waals surface area contributed by atoms with Crippen LogP contribution < -0.4 is 5.32 Å². The van der Waals surface area contributed by atoms with Gasteiger partial charge in [0.05, 0.1) is 11.0 Å². The first-order valence-electron chi connectivity index (χ1n) is 6.56. The highest BCUT2D eigenvalue weighted by Crippen LogP contribution is 2.30. The van der Waals surface area contributed by atoms with Gasteiger partial charge in [0, 0.05) is 24.3 Å². The molecule has 0 aromatic heterocycles. The first kappa shape index (κ1) is 12.3. The van der Waals surface area contributed by atoms with E-state index >= 15 is 0 Å². The first-order chi connectivity index (χ1) is 9.11. The van der Waals surface area contributed by atoms with E-state index in [1.165, 1.54) is 12.1 Å². The molecule has 4 rings (SSSR count). The van der Waals surface area contributed by atoms with Gasteiger partial charge in [0.15, 0.2) is 0 Å². The second-order valence-corrected chi connectivity index (χ2v) is 5.34. The number of nitrogens with zero attached hydrogens (tertiary/aromatic N) is 2. The van der Waals surface area contributed by atoms with Crippen molar-refractivity contribution in [2.45, 2.75) is 18.9 Å². The lowest BCUT2D eigenvalue weighted by molar-refractivity contribution is -0.385. The van der Waals surface area contributed by atoms with E-state index in [-0.39, 0.29) is 11.7 Å². The van der Waals surface area contributed by atoms with E-state index in [2.05, 4.69) is 10.2 Å². The van der Waals surface area contributed by atoms with E-state index in [1.807, 2.05) is 0 Å². The molecule has 102 valence electrons. The number of fused-ring (bicyclic) bond motifs is 3. The topological polar surface area (TPSA) is 58.4 Å². The van der Waals surface area contributed by atoms with Gasteiger partial charge in [-0.15, -0.1) is 0 Å². The zero-order valence-corrected chi connectivity index (χ0v) is 10.5. The maximum atomic E-state index is 13.4. The van der Waals surface area contributed by atoms with Gasteiger partial charge in [-0.05, 0) is 37.9 Å². The fraction of sp³-hybridized carbons (Fsp3) is 0.538. The van der Waals surface area contributed by atoms with Gasteiger partial charge in [0.2, 0.25) is 0 Å². The van der Waals surface area contributed by atoms with Gasteiger partial charge in [0.25, 0.3) is 5.69 Å². The second kappa shape index (κ2) is 4.77. The molecule has 3 fully saturated rings. The molecule has 6 heteroatoms. The van der Waals surface area contributed by atoms with Crippen LogP contribution in [0.2, 0.25) is 0 Å². The summed E-state index contributed by atoms with van der Waals surface area (Å²) in [6.45, 7) is 3.20. The van der Waals surface area contributed by atoms with E-state index in [9.17, 15) is 14.5 Å². The number of halogens is 1. The third kappa shape index (κ3) is 2.53. The fourth-order valence-electron chi connectivity index (χ4n) is 3.11. The molecule has 1 unspecified atom stereocenters. The van der Waals surface area contributed by atoms with Crippen molar-refractivity contribution in [3.8, 4) is 0 Å². The average molecular weight is 265 g/mol. The Bertz CT molecular complexity index is 501. The van der Waals surface area contributed by atoms with Crippen molar-refractivity contribution in [2.75, 3.05) is 25.0 Å². The Balaban J connectivity index is 1.78. The molecule has 1 N–H and O–H groups in total. The van der Waals surface area contributed by atoms with Gasteiger partial charge >= 0.3 is 0 Å².